The smallest absolute Gasteiger partial charge is 0.0107 e. The zero-order valence-corrected chi connectivity index (χ0v) is 13.0. The van der Waals surface area contributed by atoms with Gasteiger partial charge in [0.15, 0.2) is 0 Å². The average molecular weight is 271 g/mol. The summed E-state index contributed by atoms with van der Waals surface area (Å²) in [7, 11) is 0. The van der Waals surface area contributed by atoms with Crippen molar-refractivity contribution in [2.24, 2.45) is 17.8 Å². The number of rotatable bonds is 6. The van der Waals surface area contributed by atoms with E-state index >= 15 is 0 Å². The summed E-state index contributed by atoms with van der Waals surface area (Å²) in [6, 6.07) is 12.3. The van der Waals surface area contributed by atoms with E-state index in [0.717, 1.165) is 17.8 Å². The summed E-state index contributed by atoms with van der Waals surface area (Å²) in [6.45, 7) is 4.74. The van der Waals surface area contributed by atoms with Crippen LogP contribution in [0.1, 0.15) is 51.5 Å². The van der Waals surface area contributed by atoms with Gasteiger partial charge >= 0.3 is 0 Å². The highest BCUT2D eigenvalue weighted by atomic mass is 15.0. The van der Waals surface area contributed by atoms with Crippen LogP contribution in [0, 0.1) is 17.8 Å². The summed E-state index contributed by atoms with van der Waals surface area (Å²) in [5.74, 6) is 3.03. The number of hydrogen-bond acceptors (Lipinski definition) is 1. The van der Waals surface area contributed by atoms with Crippen molar-refractivity contribution in [2.75, 3.05) is 0 Å². The van der Waals surface area contributed by atoms with E-state index in [0.29, 0.717) is 12.1 Å². The quantitative estimate of drug-likeness (QED) is 0.807. The monoisotopic (exact) mass is 271 g/mol. The Morgan fingerprint density at radius 2 is 1.95 bits per heavy atom. The van der Waals surface area contributed by atoms with Crippen molar-refractivity contribution < 1.29 is 0 Å². The second kappa shape index (κ2) is 6.30. The Morgan fingerprint density at radius 1 is 1.15 bits per heavy atom. The van der Waals surface area contributed by atoms with Gasteiger partial charge in [0, 0.05) is 12.1 Å². The normalized spacial score (nSPS) is 31.4. The molecule has 1 aromatic carbocycles. The van der Waals surface area contributed by atoms with Gasteiger partial charge in [-0.3, -0.25) is 0 Å². The fourth-order valence-electron chi connectivity index (χ4n) is 4.62. The minimum Gasteiger partial charge on any atom is -0.311 e. The van der Waals surface area contributed by atoms with Gasteiger partial charge in [0.2, 0.25) is 0 Å². The SMILES string of the molecule is CCC(Cc1ccccc1)NC(C)C1CC2CCC1C2. The Hall–Kier alpha value is -0.820. The van der Waals surface area contributed by atoms with Gasteiger partial charge in [-0.05, 0) is 62.3 Å². The largest absolute Gasteiger partial charge is 0.311 e. The first-order chi connectivity index (χ1) is 9.76. The van der Waals surface area contributed by atoms with E-state index in [1.165, 1.54) is 44.1 Å². The lowest BCUT2D eigenvalue weighted by molar-refractivity contribution is 0.242. The second-order valence-electron chi connectivity index (χ2n) is 7.09. The van der Waals surface area contributed by atoms with Gasteiger partial charge in [-0.15, -0.1) is 0 Å². The molecule has 2 bridgehead atoms. The van der Waals surface area contributed by atoms with Crippen molar-refractivity contribution in [3.05, 3.63) is 35.9 Å². The predicted octanol–water partition coefficient (Wildman–Crippen LogP) is 4.42. The van der Waals surface area contributed by atoms with Crippen molar-refractivity contribution in [3.63, 3.8) is 0 Å². The van der Waals surface area contributed by atoms with Crippen LogP contribution >= 0.6 is 0 Å². The van der Waals surface area contributed by atoms with Crippen LogP contribution < -0.4 is 5.32 Å². The first-order valence-corrected chi connectivity index (χ1v) is 8.56. The molecular weight excluding hydrogens is 242 g/mol. The Morgan fingerprint density at radius 3 is 2.55 bits per heavy atom. The van der Waals surface area contributed by atoms with Gasteiger partial charge < -0.3 is 5.32 Å². The minimum absolute atomic E-state index is 0.631. The standard InChI is InChI=1S/C19H29N/c1-3-18(12-15-7-5-4-6-8-15)20-14(2)19-13-16-9-10-17(19)11-16/h4-8,14,16-20H,3,9-13H2,1-2H3. The van der Waals surface area contributed by atoms with Crippen molar-refractivity contribution in [3.8, 4) is 0 Å². The summed E-state index contributed by atoms with van der Waals surface area (Å²) >= 11 is 0. The highest BCUT2D eigenvalue weighted by Gasteiger charge is 2.41. The summed E-state index contributed by atoms with van der Waals surface area (Å²) < 4.78 is 0. The van der Waals surface area contributed by atoms with Crippen molar-refractivity contribution in [2.45, 2.75) is 64.5 Å². The average Bonchev–Trinajstić information content (AvgIpc) is 3.10. The third-order valence-electron chi connectivity index (χ3n) is 5.75. The Labute approximate surface area is 124 Å². The molecule has 1 nitrogen and oxygen atoms in total. The van der Waals surface area contributed by atoms with Crippen LogP contribution in [0.3, 0.4) is 0 Å². The minimum atomic E-state index is 0.631. The Kier molecular flexibility index (Phi) is 4.45. The molecule has 1 aromatic rings. The lowest BCUT2D eigenvalue weighted by atomic mass is 9.83. The van der Waals surface area contributed by atoms with Gasteiger partial charge in [0.25, 0.3) is 0 Å². The molecule has 3 rings (SSSR count). The third kappa shape index (κ3) is 3.09. The first kappa shape index (κ1) is 14.1. The van der Waals surface area contributed by atoms with E-state index in [1.54, 1.807) is 0 Å². The molecule has 1 heteroatoms. The molecule has 0 heterocycles. The van der Waals surface area contributed by atoms with Crippen LogP contribution in [-0.4, -0.2) is 12.1 Å². The van der Waals surface area contributed by atoms with Gasteiger partial charge in [-0.1, -0.05) is 43.7 Å². The summed E-state index contributed by atoms with van der Waals surface area (Å²) in [5, 5.41) is 3.94. The number of benzene rings is 1. The van der Waals surface area contributed by atoms with E-state index in [2.05, 4.69) is 49.5 Å². The fourth-order valence-corrected chi connectivity index (χ4v) is 4.62. The van der Waals surface area contributed by atoms with Crippen LogP contribution in [0.2, 0.25) is 0 Å². The van der Waals surface area contributed by atoms with Crippen molar-refractivity contribution in [1.82, 2.24) is 5.32 Å². The van der Waals surface area contributed by atoms with Crippen LogP contribution in [0.5, 0.6) is 0 Å². The van der Waals surface area contributed by atoms with Crippen LogP contribution in [0.15, 0.2) is 30.3 Å². The first-order valence-electron chi connectivity index (χ1n) is 8.56. The molecular formula is C19H29N. The topological polar surface area (TPSA) is 12.0 Å². The number of nitrogens with one attached hydrogen (secondary N) is 1. The molecule has 110 valence electrons. The van der Waals surface area contributed by atoms with Crippen LogP contribution in [-0.2, 0) is 6.42 Å². The lowest BCUT2D eigenvalue weighted by Gasteiger charge is -2.32. The zero-order chi connectivity index (χ0) is 13.9. The molecule has 0 amide bonds. The molecule has 2 saturated carbocycles. The zero-order valence-electron chi connectivity index (χ0n) is 13.0. The van der Waals surface area contributed by atoms with Gasteiger partial charge in [-0.2, -0.15) is 0 Å². The van der Waals surface area contributed by atoms with Crippen molar-refractivity contribution >= 4 is 0 Å². The molecule has 0 aliphatic heterocycles. The lowest BCUT2D eigenvalue weighted by Crippen LogP contribution is -2.43. The Bertz CT molecular complexity index is 413. The highest BCUT2D eigenvalue weighted by Crippen LogP contribution is 2.49. The van der Waals surface area contributed by atoms with E-state index in [4.69, 9.17) is 0 Å². The highest BCUT2D eigenvalue weighted by molar-refractivity contribution is 5.16. The molecule has 1 N–H and O–H groups in total. The summed E-state index contributed by atoms with van der Waals surface area (Å²) in [4.78, 5) is 0. The van der Waals surface area contributed by atoms with Crippen LogP contribution in [0.4, 0.5) is 0 Å². The summed E-state index contributed by atoms with van der Waals surface area (Å²) in [5.41, 5.74) is 1.46. The van der Waals surface area contributed by atoms with E-state index in [9.17, 15) is 0 Å². The molecule has 2 aliphatic rings. The predicted molar refractivity (Wildman–Crippen MR) is 85.8 cm³/mol. The molecule has 0 radical (unpaired) electrons. The maximum atomic E-state index is 3.94. The molecule has 5 atom stereocenters. The second-order valence-corrected chi connectivity index (χ2v) is 7.09. The van der Waals surface area contributed by atoms with Crippen LogP contribution in [0.25, 0.3) is 0 Å². The molecule has 0 saturated heterocycles. The Balaban J connectivity index is 1.55. The molecule has 0 aromatic heterocycles. The molecule has 5 unspecified atom stereocenters. The number of fused-ring (bicyclic) bond motifs is 2. The van der Waals surface area contributed by atoms with Gasteiger partial charge in [0.05, 0.1) is 0 Å². The maximum absolute atomic E-state index is 3.94. The van der Waals surface area contributed by atoms with E-state index in [1.807, 2.05) is 0 Å². The third-order valence-corrected chi connectivity index (χ3v) is 5.75. The molecule has 0 spiro atoms. The number of hydrogen-bond donors (Lipinski definition) is 1. The fraction of sp³-hybridized carbons (Fsp3) is 0.684. The molecule has 2 fully saturated rings. The van der Waals surface area contributed by atoms with Crippen molar-refractivity contribution in [1.29, 1.82) is 0 Å². The van der Waals surface area contributed by atoms with Gasteiger partial charge in [0.1, 0.15) is 0 Å². The van der Waals surface area contributed by atoms with Gasteiger partial charge in [-0.25, -0.2) is 0 Å². The molecule has 2 aliphatic carbocycles. The molecule has 20 heavy (non-hydrogen) atoms. The maximum Gasteiger partial charge on any atom is 0.0107 e. The summed E-state index contributed by atoms with van der Waals surface area (Å²) in [6.07, 6.45) is 8.40. The van der Waals surface area contributed by atoms with E-state index < -0.39 is 0 Å². The van der Waals surface area contributed by atoms with E-state index in [-0.39, 0.29) is 0 Å².